The van der Waals surface area contributed by atoms with Gasteiger partial charge in [0.05, 0.1) is 4.90 Å². The molecule has 0 radical (unpaired) electrons. The molecule has 1 N–H and O–H groups in total. The molecule has 0 aliphatic heterocycles. The van der Waals surface area contributed by atoms with Crippen LogP contribution < -0.4 is 10.1 Å². The molecule has 0 aliphatic rings. The molecule has 0 spiro atoms. The van der Waals surface area contributed by atoms with Gasteiger partial charge in [0.1, 0.15) is 5.75 Å². The molecule has 0 heterocycles. The molecule has 1 amide bonds. The Morgan fingerprint density at radius 1 is 1.08 bits per heavy atom. The van der Waals surface area contributed by atoms with Gasteiger partial charge < -0.3 is 10.1 Å². The molecule has 0 aromatic heterocycles. The van der Waals surface area contributed by atoms with Gasteiger partial charge in [-0.3, -0.25) is 4.79 Å². The van der Waals surface area contributed by atoms with Crippen molar-refractivity contribution in [1.82, 2.24) is 4.31 Å². The van der Waals surface area contributed by atoms with Gasteiger partial charge in [-0.05, 0) is 55.3 Å². The van der Waals surface area contributed by atoms with Crippen molar-refractivity contribution >= 4 is 21.6 Å². The molecular weight excluding hydrogens is 352 g/mol. The van der Waals surface area contributed by atoms with Crippen LogP contribution in [0.1, 0.15) is 19.4 Å². The van der Waals surface area contributed by atoms with Crippen LogP contribution in [0.15, 0.2) is 53.4 Å². The lowest BCUT2D eigenvalue weighted by molar-refractivity contribution is -0.122. The highest BCUT2D eigenvalue weighted by Gasteiger charge is 2.18. The Morgan fingerprint density at radius 2 is 1.65 bits per heavy atom. The second-order valence-corrected chi connectivity index (χ2v) is 8.21. The molecule has 140 valence electrons. The average molecular weight is 376 g/mol. The second kappa shape index (κ2) is 8.33. The quantitative estimate of drug-likeness (QED) is 0.806. The van der Waals surface area contributed by atoms with Crippen LogP contribution in [0.25, 0.3) is 0 Å². The van der Waals surface area contributed by atoms with Crippen LogP contribution in [0.3, 0.4) is 0 Å². The number of nitrogens with zero attached hydrogens (tertiary/aromatic N) is 1. The summed E-state index contributed by atoms with van der Waals surface area (Å²) in [4.78, 5) is 12.4. The zero-order valence-corrected chi connectivity index (χ0v) is 16.2. The van der Waals surface area contributed by atoms with E-state index in [1.807, 2.05) is 24.3 Å². The third-order valence-corrected chi connectivity index (χ3v) is 5.74. The van der Waals surface area contributed by atoms with Gasteiger partial charge in [-0.15, -0.1) is 0 Å². The normalized spacial score (nSPS) is 12.7. The molecule has 0 fully saturated rings. The number of carbonyl (C=O) groups excluding carboxylic acids is 1. The van der Waals surface area contributed by atoms with E-state index in [1.165, 1.54) is 31.8 Å². The van der Waals surface area contributed by atoms with Crippen molar-refractivity contribution in [1.29, 1.82) is 0 Å². The lowest BCUT2D eigenvalue weighted by Crippen LogP contribution is -2.30. The summed E-state index contributed by atoms with van der Waals surface area (Å²) in [6.45, 7) is 3.73. The first kappa shape index (κ1) is 19.9. The van der Waals surface area contributed by atoms with Crippen molar-refractivity contribution in [3.05, 3.63) is 54.1 Å². The minimum absolute atomic E-state index is 0.167. The molecule has 7 heteroatoms. The number of rotatable bonds is 7. The number of aryl methyl sites for hydroxylation is 1. The maximum Gasteiger partial charge on any atom is 0.265 e. The summed E-state index contributed by atoms with van der Waals surface area (Å²) in [5.41, 5.74) is 1.70. The molecule has 6 nitrogen and oxygen atoms in total. The summed E-state index contributed by atoms with van der Waals surface area (Å²) in [7, 11) is -0.550. The topological polar surface area (TPSA) is 75.7 Å². The van der Waals surface area contributed by atoms with Gasteiger partial charge in [0, 0.05) is 19.8 Å². The van der Waals surface area contributed by atoms with E-state index >= 15 is 0 Å². The van der Waals surface area contributed by atoms with Crippen molar-refractivity contribution < 1.29 is 17.9 Å². The summed E-state index contributed by atoms with van der Waals surface area (Å²) >= 11 is 0. The van der Waals surface area contributed by atoms with E-state index in [0.29, 0.717) is 11.4 Å². The third-order valence-electron chi connectivity index (χ3n) is 3.91. The van der Waals surface area contributed by atoms with Crippen LogP contribution in [-0.2, 0) is 21.2 Å². The van der Waals surface area contributed by atoms with E-state index in [0.717, 1.165) is 10.7 Å². The van der Waals surface area contributed by atoms with Crippen molar-refractivity contribution in [3.63, 3.8) is 0 Å². The van der Waals surface area contributed by atoms with E-state index in [1.54, 1.807) is 19.1 Å². The first-order valence-electron chi connectivity index (χ1n) is 8.33. The van der Waals surface area contributed by atoms with Crippen LogP contribution in [0.2, 0.25) is 0 Å². The van der Waals surface area contributed by atoms with Crippen LogP contribution in [0, 0.1) is 0 Å². The number of hydrogen-bond donors (Lipinski definition) is 1. The lowest BCUT2D eigenvalue weighted by atomic mass is 10.2. The number of benzene rings is 2. The number of sulfonamides is 1. The molecule has 26 heavy (non-hydrogen) atoms. The van der Waals surface area contributed by atoms with Gasteiger partial charge in [-0.2, -0.15) is 0 Å². The summed E-state index contributed by atoms with van der Waals surface area (Å²) in [6.07, 6.45) is 0.253. The van der Waals surface area contributed by atoms with E-state index < -0.39 is 16.1 Å². The number of nitrogens with one attached hydrogen (secondary N) is 1. The zero-order valence-electron chi connectivity index (χ0n) is 15.4. The highest BCUT2D eigenvalue weighted by atomic mass is 32.2. The van der Waals surface area contributed by atoms with E-state index in [-0.39, 0.29) is 10.8 Å². The monoisotopic (exact) mass is 376 g/mol. The van der Waals surface area contributed by atoms with Crippen molar-refractivity contribution in [3.8, 4) is 5.75 Å². The predicted octanol–water partition coefficient (Wildman–Crippen LogP) is 2.91. The Labute approximate surface area is 154 Å². The fourth-order valence-corrected chi connectivity index (χ4v) is 3.13. The van der Waals surface area contributed by atoms with Gasteiger partial charge >= 0.3 is 0 Å². The minimum atomic E-state index is -3.49. The Kier molecular flexibility index (Phi) is 6.39. The first-order valence-corrected chi connectivity index (χ1v) is 9.77. The van der Waals surface area contributed by atoms with Crippen LogP contribution >= 0.6 is 0 Å². The number of hydrogen-bond acceptors (Lipinski definition) is 4. The van der Waals surface area contributed by atoms with Crippen LogP contribution in [-0.4, -0.2) is 38.8 Å². The standard InChI is InChI=1S/C19H24N2O4S/c1-5-15-6-10-17(11-7-15)25-14(2)19(22)20-16-8-12-18(13-9-16)26(23,24)21(3)4/h6-14H,5H2,1-4H3,(H,20,22)/t14-/m1/s1. The van der Waals surface area contributed by atoms with Crippen LogP contribution in [0.4, 0.5) is 5.69 Å². The first-order chi connectivity index (χ1) is 12.2. The molecular formula is C19H24N2O4S. The number of carbonyl (C=O) groups is 1. The van der Waals surface area contributed by atoms with Crippen molar-refractivity contribution in [2.45, 2.75) is 31.3 Å². The zero-order chi connectivity index (χ0) is 19.3. The second-order valence-electron chi connectivity index (χ2n) is 6.06. The Hall–Kier alpha value is -2.38. The van der Waals surface area contributed by atoms with Gasteiger partial charge in [0.25, 0.3) is 5.91 Å². The lowest BCUT2D eigenvalue weighted by Gasteiger charge is -2.15. The Balaban J connectivity index is 2.00. The molecule has 0 unspecified atom stereocenters. The number of ether oxygens (including phenoxy) is 1. The van der Waals surface area contributed by atoms with Crippen molar-refractivity contribution in [2.24, 2.45) is 0 Å². The van der Waals surface area contributed by atoms with Gasteiger partial charge in [0.15, 0.2) is 6.10 Å². The van der Waals surface area contributed by atoms with Gasteiger partial charge in [-0.25, -0.2) is 12.7 Å². The number of amides is 1. The molecule has 0 saturated heterocycles. The van der Waals surface area contributed by atoms with E-state index in [4.69, 9.17) is 4.74 Å². The Morgan fingerprint density at radius 3 is 2.15 bits per heavy atom. The summed E-state index contributed by atoms with van der Waals surface area (Å²) in [5, 5.41) is 2.72. The maximum atomic E-state index is 12.3. The molecule has 2 rings (SSSR count). The minimum Gasteiger partial charge on any atom is -0.481 e. The molecule has 1 atom stereocenters. The van der Waals surface area contributed by atoms with Crippen molar-refractivity contribution in [2.75, 3.05) is 19.4 Å². The maximum absolute atomic E-state index is 12.3. The molecule has 0 aliphatic carbocycles. The number of anilines is 1. The molecule has 2 aromatic carbocycles. The fourth-order valence-electron chi connectivity index (χ4n) is 2.23. The molecule has 2 aromatic rings. The highest BCUT2D eigenvalue weighted by molar-refractivity contribution is 7.89. The third kappa shape index (κ3) is 4.83. The van der Waals surface area contributed by atoms with E-state index in [9.17, 15) is 13.2 Å². The summed E-state index contributed by atoms with van der Waals surface area (Å²) in [6, 6.07) is 13.6. The van der Waals surface area contributed by atoms with Gasteiger partial charge in [-0.1, -0.05) is 19.1 Å². The highest BCUT2D eigenvalue weighted by Crippen LogP contribution is 2.18. The Bertz CT molecular complexity index is 844. The summed E-state index contributed by atoms with van der Waals surface area (Å²) < 4.78 is 30.9. The van der Waals surface area contributed by atoms with Crippen LogP contribution in [0.5, 0.6) is 5.75 Å². The average Bonchev–Trinajstić information content (AvgIpc) is 2.62. The summed E-state index contributed by atoms with van der Waals surface area (Å²) in [5.74, 6) is 0.310. The van der Waals surface area contributed by atoms with E-state index in [2.05, 4.69) is 12.2 Å². The predicted molar refractivity (Wildman–Crippen MR) is 102 cm³/mol. The fraction of sp³-hybridized carbons (Fsp3) is 0.316. The smallest absolute Gasteiger partial charge is 0.265 e. The SMILES string of the molecule is CCc1ccc(O[C@H](C)C(=O)Nc2ccc(S(=O)(=O)N(C)C)cc2)cc1. The largest absolute Gasteiger partial charge is 0.481 e. The van der Waals surface area contributed by atoms with Gasteiger partial charge in [0.2, 0.25) is 10.0 Å². The molecule has 0 saturated carbocycles. The molecule has 0 bridgehead atoms.